The minimum absolute atomic E-state index is 0.149. The summed E-state index contributed by atoms with van der Waals surface area (Å²) in [6, 6.07) is 9.13. The molecule has 0 atom stereocenters. The maximum atomic E-state index is 11.0. The quantitative estimate of drug-likeness (QED) is 0.839. The number of ether oxygens (including phenoxy) is 1. The monoisotopic (exact) mass is 230 g/mol. The number of primary amides is 1. The van der Waals surface area contributed by atoms with Crippen molar-refractivity contribution in [1.82, 2.24) is 4.98 Å². The van der Waals surface area contributed by atoms with Crippen LogP contribution in [0, 0.1) is 0 Å². The van der Waals surface area contributed by atoms with E-state index in [1.807, 2.05) is 0 Å². The molecule has 5 heteroatoms. The molecule has 2 rings (SSSR count). The molecule has 0 saturated heterocycles. The average molecular weight is 230 g/mol. The number of amides is 1. The summed E-state index contributed by atoms with van der Waals surface area (Å²) in [4.78, 5) is 14.9. The fraction of sp³-hybridized carbons (Fsp3) is 0. The molecule has 0 unspecified atom stereocenters. The largest absolute Gasteiger partial charge is 0.508 e. The van der Waals surface area contributed by atoms with E-state index < -0.39 is 5.91 Å². The lowest BCUT2D eigenvalue weighted by Gasteiger charge is -2.05. The number of carbonyl (C=O) groups excluding carboxylic acids is 1. The van der Waals surface area contributed by atoms with Gasteiger partial charge in [0.15, 0.2) is 0 Å². The zero-order chi connectivity index (χ0) is 12.3. The Morgan fingerprint density at radius 2 is 1.94 bits per heavy atom. The molecule has 0 radical (unpaired) electrons. The van der Waals surface area contributed by atoms with Crippen LogP contribution in [-0.2, 0) is 0 Å². The predicted octanol–water partition coefficient (Wildman–Crippen LogP) is 1.68. The van der Waals surface area contributed by atoms with E-state index in [2.05, 4.69) is 4.98 Å². The van der Waals surface area contributed by atoms with E-state index in [4.69, 9.17) is 15.6 Å². The van der Waals surface area contributed by atoms with E-state index >= 15 is 0 Å². The topological polar surface area (TPSA) is 85.4 Å². The first-order valence-electron chi connectivity index (χ1n) is 4.88. The van der Waals surface area contributed by atoms with Crippen LogP contribution in [0.5, 0.6) is 17.4 Å². The van der Waals surface area contributed by atoms with Crippen molar-refractivity contribution in [1.29, 1.82) is 0 Å². The standard InChI is InChI=1S/C12H10N2O3/c13-12(16)8-5-6-14-11(7-8)17-10-3-1-9(15)2-4-10/h1-7,15H,(H2,13,16). The summed E-state index contributed by atoms with van der Waals surface area (Å²) in [7, 11) is 0. The fourth-order valence-electron chi connectivity index (χ4n) is 1.25. The predicted molar refractivity (Wildman–Crippen MR) is 60.9 cm³/mol. The van der Waals surface area contributed by atoms with Crippen molar-refractivity contribution in [3.05, 3.63) is 48.2 Å². The zero-order valence-corrected chi connectivity index (χ0v) is 8.83. The van der Waals surface area contributed by atoms with Crippen LogP contribution in [0.4, 0.5) is 0 Å². The van der Waals surface area contributed by atoms with Crippen LogP contribution < -0.4 is 10.5 Å². The van der Waals surface area contributed by atoms with E-state index in [1.165, 1.54) is 30.5 Å². The number of phenols is 1. The van der Waals surface area contributed by atoms with E-state index in [1.54, 1.807) is 12.1 Å². The number of carbonyl (C=O) groups is 1. The maximum Gasteiger partial charge on any atom is 0.248 e. The molecule has 0 fully saturated rings. The Labute approximate surface area is 97.5 Å². The van der Waals surface area contributed by atoms with Gasteiger partial charge in [0.05, 0.1) is 0 Å². The van der Waals surface area contributed by atoms with Gasteiger partial charge in [-0.3, -0.25) is 4.79 Å². The smallest absolute Gasteiger partial charge is 0.248 e. The number of phenolic OH excluding ortho intramolecular Hbond substituents is 1. The highest BCUT2D eigenvalue weighted by Crippen LogP contribution is 2.22. The summed E-state index contributed by atoms with van der Waals surface area (Å²) in [5.74, 6) is 0.392. The molecule has 5 nitrogen and oxygen atoms in total. The van der Waals surface area contributed by atoms with Gasteiger partial charge in [-0.2, -0.15) is 0 Å². The second-order valence-corrected chi connectivity index (χ2v) is 3.34. The van der Waals surface area contributed by atoms with Crippen molar-refractivity contribution in [3.8, 4) is 17.4 Å². The van der Waals surface area contributed by atoms with Crippen molar-refractivity contribution in [2.24, 2.45) is 5.73 Å². The lowest BCUT2D eigenvalue weighted by Crippen LogP contribution is -2.10. The number of benzene rings is 1. The number of aromatic hydroxyl groups is 1. The molecule has 0 spiro atoms. The van der Waals surface area contributed by atoms with Crippen molar-refractivity contribution in [2.45, 2.75) is 0 Å². The fourth-order valence-corrected chi connectivity index (χ4v) is 1.25. The van der Waals surface area contributed by atoms with Gasteiger partial charge in [-0.05, 0) is 30.3 Å². The van der Waals surface area contributed by atoms with Gasteiger partial charge in [-0.25, -0.2) is 4.98 Å². The number of nitrogens with two attached hydrogens (primary N) is 1. The van der Waals surface area contributed by atoms with Crippen LogP contribution in [0.25, 0.3) is 0 Å². The van der Waals surface area contributed by atoms with E-state index in [9.17, 15) is 4.79 Å². The lowest BCUT2D eigenvalue weighted by atomic mass is 10.2. The molecule has 1 aromatic carbocycles. The highest BCUT2D eigenvalue weighted by Gasteiger charge is 2.04. The van der Waals surface area contributed by atoms with Crippen LogP contribution in [0.1, 0.15) is 10.4 Å². The third-order valence-electron chi connectivity index (χ3n) is 2.08. The van der Waals surface area contributed by atoms with E-state index in [0.29, 0.717) is 11.3 Å². The molecular weight excluding hydrogens is 220 g/mol. The van der Waals surface area contributed by atoms with Gasteiger partial charge in [-0.15, -0.1) is 0 Å². The summed E-state index contributed by atoms with van der Waals surface area (Å²) in [6.45, 7) is 0. The number of hydrogen-bond donors (Lipinski definition) is 2. The number of nitrogens with zero attached hydrogens (tertiary/aromatic N) is 1. The molecule has 0 bridgehead atoms. The summed E-state index contributed by atoms with van der Waals surface area (Å²) >= 11 is 0. The molecule has 0 saturated carbocycles. The highest BCUT2D eigenvalue weighted by molar-refractivity contribution is 5.92. The Kier molecular flexibility index (Phi) is 2.91. The number of hydrogen-bond acceptors (Lipinski definition) is 4. The Balaban J connectivity index is 2.21. The lowest BCUT2D eigenvalue weighted by molar-refractivity contribution is 0.1000. The van der Waals surface area contributed by atoms with Gasteiger partial charge < -0.3 is 15.6 Å². The summed E-state index contributed by atoms with van der Waals surface area (Å²) < 4.78 is 5.39. The van der Waals surface area contributed by atoms with Crippen LogP contribution in [0.3, 0.4) is 0 Å². The van der Waals surface area contributed by atoms with E-state index in [-0.39, 0.29) is 11.6 Å². The van der Waals surface area contributed by atoms with Crippen molar-refractivity contribution >= 4 is 5.91 Å². The molecule has 3 N–H and O–H groups in total. The van der Waals surface area contributed by atoms with Gasteiger partial charge in [0, 0.05) is 17.8 Å². The first-order valence-corrected chi connectivity index (χ1v) is 4.88. The molecule has 1 aromatic heterocycles. The average Bonchev–Trinajstić information content (AvgIpc) is 2.32. The summed E-state index contributed by atoms with van der Waals surface area (Å²) in [5, 5.41) is 9.11. The second-order valence-electron chi connectivity index (χ2n) is 3.34. The van der Waals surface area contributed by atoms with Crippen molar-refractivity contribution in [2.75, 3.05) is 0 Å². The first-order chi connectivity index (χ1) is 8.15. The number of pyridine rings is 1. The third kappa shape index (κ3) is 2.72. The number of aromatic nitrogens is 1. The minimum atomic E-state index is -0.539. The van der Waals surface area contributed by atoms with Gasteiger partial charge in [0.25, 0.3) is 0 Å². The molecule has 0 aliphatic rings. The van der Waals surface area contributed by atoms with Gasteiger partial charge in [-0.1, -0.05) is 0 Å². The molecule has 1 amide bonds. The van der Waals surface area contributed by atoms with Crippen LogP contribution in [-0.4, -0.2) is 16.0 Å². The molecular formula is C12H10N2O3. The van der Waals surface area contributed by atoms with Crippen molar-refractivity contribution < 1.29 is 14.6 Å². The summed E-state index contributed by atoms with van der Waals surface area (Å²) in [6.07, 6.45) is 1.44. The minimum Gasteiger partial charge on any atom is -0.508 e. The molecule has 17 heavy (non-hydrogen) atoms. The molecule has 2 aromatic rings. The summed E-state index contributed by atoms with van der Waals surface area (Å²) in [5.41, 5.74) is 5.47. The Hall–Kier alpha value is -2.56. The third-order valence-corrected chi connectivity index (χ3v) is 2.08. The Bertz CT molecular complexity index is 538. The zero-order valence-electron chi connectivity index (χ0n) is 8.83. The van der Waals surface area contributed by atoms with Crippen LogP contribution in [0.2, 0.25) is 0 Å². The molecule has 86 valence electrons. The van der Waals surface area contributed by atoms with Crippen LogP contribution in [0.15, 0.2) is 42.6 Å². The van der Waals surface area contributed by atoms with Crippen molar-refractivity contribution in [3.63, 3.8) is 0 Å². The second kappa shape index (κ2) is 4.52. The highest BCUT2D eigenvalue weighted by atomic mass is 16.5. The Morgan fingerprint density at radius 1 is 1.24 bits per heavy atom. The van der Waals surface area contributed by atoms with Gasteiger partial charge >= 0.3 is 0 Å². The maximum absolute atomic E-state index is 11.0. The number of rotatable bonds is 3. The molecule has 0 aliphatic carbocycles. The molecule has 0 aliphatic heterocycles. The van der Waals surface area contributed by atoms with E-state index in [0.717, 1.165) is 0 Å². The first kappa shape index (κ1) is 10.9. The van der Waals surface area contributed by atoms with Gasteiger partial charge in [0.2, 0.25) is 11.8 Å². The van der Waals surface area contributed by atoms with Crippen LogP contribution >= 0.6 is 0 Å². The normalized spacial score (nSPS) is 9.88. The Morgan fingerprint density at radius 3 is 2.59 bits per heavy atom. The SMILES string of the molecule is NC(=O)c1ccnc(Oc2ccc(O)cc2)c1. The molecule has 1 heterocycles. The van der Waals surface area contributed by atoms with Gasteiger partial charge in [0.1, 0.15) is 11.5 Å².